The summed E-state index contributed by atoms with van der Waals surface area (Å²) in [5.74, 6) is -0.264. The smallest absolute Gasteiger partial charge is 0.328 e. The molecule has 0 bridgehead atoms. The van der Waals surface area contributed by atoms with E-state index in [9.17, 15) is 4.79 Å². The Labute approximate surface area is 97.2 Å². The van der Waals surface area contributed by atoms with Gasteiger partial charge in [0, 0.05) is 0 Å². The molecule has 15 heavy (non-hydrogen) atoms. The van der Waals surface area contributed by atoms with E-state index in [1.807, 2.05) is 19.1 Å². The van der Waals surface area contributed by atoms with E-state index >= 15 is 0 Å². The van der Waals surface area contributed by atoms with Gasteiger partial charge in [-0.2, -0.15) is 0 Å². The second-order valence-corrected chi connectivity index (χ2v) is 3.81. The van der Waals surface area contributed by atoms with Crippen molar-refractivity contribution in [2.24, 2.45) is 0 Å². The van der Waals surface area contributed by atoms with Crippen LogP contribution in [0, 0.1) is 0 Å². The predicted octanol–water partition coefficient (Wildman–Crippen LogP) is 2.21. The van der Waals surface area contributed by atoms with Crippen LogP contribution in [-0.2, 0) is 9.53 Å². The Morgan fingerprint density at radius 3 is 2.87 bits per heavy atom. The van der Waals surface area contributed by atoms with E-state index < -0.39 is 0 Å². The van der Waals surface area contributed by atoms with Crippen molar-refractivity contribution >= 4 is 27.6 Å². The summed E-state index contributed by atoms with van der Waals surface area (Å²) in [7, 11) is 1.38. The number of carbonyl (C=O) groups is 1. The molecule has 5 heteroatoms. The monoisotopic (exact) mass is 272 g/mol. The number of nitrogens with one attached hydrogen (secondary N) is 1. The maximum Gasteiger partial charge on any atom is 0.328 e. The van der Waals surface area contributed by atoms with Crippen LogP contribution in [0.25, 0.3) is 0 Å². The van der Waals surface area contributed by atoms with Crippen LogP contribution in [0.1, 0.15) is 13.3 Å². The highest BCUT2D eigenvalue weighted by molar-refractivity contribution is 9.10. The largest absolute Gasteiger partial charge is 0.467 e. The minimum Gasteiger partial charge on any atom is -0.467 e. The summed E-state index contributed by atoms with van der Waals surface area (Å²) in [6.07, 6.45) is 2.33. The van der Waals surface area contributed by atoms with Crippen LogP contribution in [0.4, 0.5) is 5.69 Å². The number of esters is 1. The van der Waals surface area contributed by atoms with Gasteiger partial charge in [0.1, 0.15) is 10.6 Å². The number of nitrogens with zero attached hydrogens (tertiary/aromatic N) is 1. The Kier molecular flexibility index (Phi) is 4.55. The molecule has 0 aliphatic carbocycles. The lowest BCUT2D eigenvalue weighted by Gasteiger charge is -2.15. The van der Waals surface area contributed by atoms with E-state index in [1.54, 1.807) is 6.20 Å². The lowest BCUT2D eigenvalue weighted by Crippen LogP contribution is -2.29. The molecule has 1 aromatic heterocycles. The molecular weight excluding hydrogens is 260 g/mol. The molecule has 0 aliphatic rings. The summed E-state index contributed by atoms with van der Waals surface area (Å²) in [6, 6.07) is 3.34. The van der Waals surface area contributed by atoms with E-state index in [0.717, 1.165) is 10.3 Å². The molecule has 4 nitrogen and oxygen atoms in total. The number of ether oxygens (including phenoxy) is 1. The zero-order valence-corrected chi connectivity index (χ0v) is 10.2. The standard InChI is InChI=1S/C10H13BrN2O2/c1-3-8(10(14)15-2)13-7-4-5-9(11)12-6-7/h4-6,8,13H,3H2,1-2H3. The molecule has 0 fully saturated rings. The first-order valence-electron chi connectivity index (χ1n) is 4.63. The first-order chi connectivity index (χ1) is 7.17. The third kappa shape index (κ3) is 3.51. The zero-order chi connectivity index (χ0) is 11.3. The fourth-order valence-corrected chi connectivity index (χ4v) is 1.37. The first kappa shape index (κ1) is 12.0. The normalized spacial score (nSPS) is 11.9. The molecule has 1 N–H and O–H groups in total. The van der Waals surface area contributed by atoms with Gasteiger partial charge < -0.3 is 10.1 Å². The van der Waals surface area contributed by atoms with Gasteiger partial charge >= 0.3 is 5.97 Å². The van der Waals surface area contributed by atoms with E-state index in [0.29, 0.717) is 6.42 Å². The molecule has 0 saturated heterocycles. The summed E-state index contributed by atoms with van der Waals surface area (Å²) in [6.45, 7) is 1.92. The molecule has 1 aromatic rings. The fourth-order valence-electron chi connectivity index (χ4n) is 1.13. The molecular formula is C10H13BrN2O2. The number of rotatable bonds is 4. The molecule has 1 unspecified atom stereocenters. The second kappa shape index (κ2) is 5.70. The van der Waals surface area contributed by atoms with Crippen molar-refractivity contribution in [2.45, 2.75) is 19.4 Å². The average Bonchev–Trinajstić information content (AvgIpc) is 2.27. The van der Waals surface area contributed by atoms with Gasteiger partial charge in [0.05, 0.1) is 19.0 Å². The highest BCUT2D eigenvalue weighted by Gasteiger charge is 2.16. The predicted molar refractivity (Wildman–Crippen MR) is 61.7 cm³/mol. The lowest BCUT2D eigenvalue weighted by atomic mass is 10.2. The lowest BCUT2D eigenvalue weighted by molar-refractivity contribution is -0.141. The van der Waals surface area contributed by atoms with Crippen molar-refractivity contribution in [1.29, 1.82) is 0 Å². The van der Waals surface area contributed by atoms with Gasteiger partial charge in [-0.1, -0.05) is 6.92 Å². The Morgan fingerprint density at radius 1 is 1.67 bits per heavy atom. The number of methoxy groups -OCH3 is 1. The molecule has 0 aliphatic heterocycles. The summed E-state index contributed by atoms with van der Waals surface area (Å²) in [5, 5.41) is 3.05. The average molecular weight is 273 g/mol. The Hall–Kier alpha value is -1.10. The molecule has 0 saturated carbocycles. The van der Waals surface area contributed by atoms with Crippen LogP contribution in [0.15, 0.2) is 22.9 Å². The number of halogens is 1. The van der Waals surface area contributed by atoms with Crippen LogP contribution in [0.2, 0.25) is 0 Å². The molecule has 0 amide bonds. The van der Waals surface area contributed by atoms with E-state index in [2.05, 4.69) is 31.0 Å². The molecule has 1 heterocycles. The summed E-state index contributed by atoms with van der Waals surface area (Å²) in [5.41, 5.74) is 0.801. The molecule has 82 valence electrons. The summed E-state index contributed by atoms with van der Waals surface area (Å²) in [4.78, 5) is 15.4. The van der Waals surface area contributed by atoms with Crippen LogP contribution >= 0.6 is 15.9 Å². The van der Waals surface area contributed by atoms with Crippen molar-refractivity contribution in [3.05, 3.63) is 22.9 Å². The fraction of sp³-hybridized carbons (Fsp3) is 0.400. The maximum absolute atomic E-state index is 11.3. The van der Waals surface area contributed by atoms with Gasteiger partial charge in [-0.15, -0.1) is 0 Å². The molecule has 0 spiro atoms. The van der Waals surface area contributed by atoms with Gasteiger partial charge in [-0.25, -0.2) is 9.78 Å². The summed E-state index contributed by atoms with van der Waals surface area (Å²) >= 11 is 3.24. The minimum atomic E-state index is -0.321. The first-order valence-corrected chi connectivity index (χ1v) is 5.42. The minimum absolute atomic E-state index is 0.264. The van der Waals surface area contributed by atoms with Crippen LogP contribution < -0.4 is 5.32 Å². The molecule has 1 rings (SSSR count). The Balaban J connectivity index is 2.66. The zero-order valence-electron chi connectivity index (χ0n) is 8.66. The highest BCUT2D eigenvalue weighted by atomic mass is 79.9. The van der Waals surface area contributed by atoms with Crippen molar-refractivity contribution in [3.8, 4) is 0 Å². The maximum atomic E-state index is 11.3. The number of carbonyl (C=O) groups excluding carboxylic acids is 1. The summed E-state index contributed by atoms with van der Waals surface area (Å²) < 4.78 is 5.43. The Morgan fingerprint density at radius 2 is 2.40 bits per heavy atom. The van der Waals surface area contributed by atoms with Gasteiger partial charge in [0.25, 0.3) is 0 Å². The van der Waals surface area contributed by atoms with E-state index in [-0.39, 0.29) is 12.0 Å². The number of aromatic nitrogens is 1. The van der Waals surface area contributed by atoms with Crippen molar-refractivity contribution in [2.75, 3.05) is 12.4 Å². The van der Waals surface area contributed by atoms with Crippen molar-refractivity contribution in [3.63, 3.8) is 0 Å². The number of anilines is 1. The van der Waals surface area contributed by atoms with Gasteiger partial charge in [-0.3, -0.25) is 0 Å². The van der Waals surface area contributed by atoms with Crippen LogP contribution in [0.3, 0.4) is 0 Å². The third-order valence-corrected chi connectivity index (χ3v) is 2.43. The van der Waals surface area contributed by atoms with E-state index in [1.165, 1.54) is 7.11 Å². The third-order valence-electron chi connectivity index (χ3n) is 1.96. The van der Waals surface area contributed by atoms with Gasteiger partial charge in [-0.05, 0) is 34.5 Å². The molecule has 1 atom stereocenters. The highest BCUT2D eigenvalue weighted by Crippen LogP contribution is 2.12. The van der Waals surface area contributed by atoms with Crippen LogP contribution in [-0.4, -0.2) is 24.1 Å². The number of hydrogen-bond donors (Lipinski definition) is 1. The van der Waals surface area contributed by atoms with Gasteiger partial charge in [0.15, 0.2) is 0 Å². The molecule has 0 aromatic carbocycles. The second-order valence-electron chi connectivity index (χ2n) is 3.00. The SMILES string of the molecule is CCC(Nc1ccc(Br)nc1)C(=O)OC. The van der Waals surface area contributed by atoms with Crippen molar-refractivity contribution < 1.29 is 9.53 Å². The number of hydrogen-bond acceptors (Lipinski definition) is 4. The van der Waals surface area contributed by atoms with Crippen molar-refractivity contribution in [1.82, 2.24) is 4.98 Å². The van der Waals surface area contributed by atoms with E-state index in [4.69, 9.17) is 0 Å². The topological polar surface area (TPSA) is 51.2 Å². The molecule has 0 radical (unpaired) electrons. The quantitative estimate of drug-likeness (QED) is 0.675. The van der Waals surface area contributed by atoms with Gasteiger partial charge in [0.2, 0.25) is 0 Å². The van der Waals surface area contributed by atoms with Crippen LogP contribution in [0.5, 0.6) is 0 Å². The number of pyridine rings is 1. The Bertz CT molecular complexity index is 327.